The van der Waals surface area contributed by atoms with Crippen molar-refractivity contribution in [3.63, 3.8) is 0 Å². The van der Waals surface area contributed by atoms with Crippen molar-refractivity contribution in [1.82, 2.24) is 9.62 Å². The van der Waals surface area contributed by atoms with Gasteiger partial charge in [0.2, 0.25) is 15.9 Å². The zero-order valence-electron chi connectivity index (χ0n) is 15.0. The van der Waals surface area contributed by atoms with Crippen molar-refractivity contribution in [3.8, 4) is 0 Å². The molecule has 1 fully saturated rings. The van der Waals surface area contributed by atoms with Crippen molar-refractivity contribution in [3.05, 3.63) is 34.4 Å². The topological polar surface area (TPSA) is 136 Å². The van der Waals surface area contributed by atoms with Gasteiger partial charge in [-0.25, -0.2) is 8.42 Å². The average molecular weight is 421 g/mol. The van der Waals surface area contributed by atoms with Gasteiger partial charge < -0.3 is 11.1 Å². The quantitative estimate of drug-likeness (QED) is 0.505. The molecule has 9 nitrogen and oxygen atoms in total. The number of nitrogens with zero attached hydrogens (tertiary/aromatic N) is 2. The lowest BCUT2D eigenvalue weighted by molar-refractivity contribution is -0.384. The van der Waals surface area contributed by atoms with Gasteiger partial charge in [-0.15, -0.1) is 12.4 Å². The second kappa shape index (κ2) is 9.98. The molecular formula is C16H25ClN4O5S. The Morgan fingerprint density at radius 3 is 2.56 bits per heavy atom. The zero-order valence-corrected chi connectivity index (χ0v) is 16.7. The molecule has 152 valence electrons. The average Bonchev–Trinajstić information content (AvgIpc) is 2.61. The molecule has 1 aromatic rings. The highest BCUT2D eigenvalue weighted by atomic mass is 35.5. The zero-order chi connectivity index (χ0) is 19.3. The van der Waals surface area contributed by atoms with Crippen LogP contribution >= 0.6 is 12.4 Å². The molecule has 1 aliphatic rings. The lowest BCUT2D eigenvalue weighted by Gasteiger charge is -2.33. The summed E-state index contributed by atoms with van der Waals surface area (Å²) in [6, 6.07) is 3.86. The van der Waals surface area contributed by atoms with Gasteiger partial charge in [-0.1, -0.05) is 6.42 Å². The van der Waals surface area contributed by atoms with Crippen LogP contribution in [0.25, 0.3) is 0 Å². The number of nitro groups is 1. The van der Waals surface area contributed by atoms with Gasteiger partial charge in [0.1, 0.15) is 6.04 Å². The number of hydrogen-bond donors (Lipinski definition) is 2. The van der Waals surface area contributed by atoms with Gasteiger partial charge in [-0.2, -0.15) is 4.31 Å². The van der Waals surface area contributed by atoms with E-state index in [9.17, 15) is 23.3 Å². The maximum Gasteiger partial charge on any atom is 0.269 e. The SMILES string of the molecule is CC(N)CCNC(=O)C1CCCCN1S(=O)(=O)c1ccc([N+](=O)[O-])cc1.Cl. The van der Waals surface area contributed by atoms with Gasteiger partial charge in [0.25, 0.3) is 5.69 Å². The van der Waals surface area contributed by atoms with Crippen LogP contribution in [0.4, 0.5) is 5.69 Å². The Balaban J connectivity index is 0.00000364. The maximum absolute atomic E-state index is 12.9. The van der Waals surface area contributed by atoms with Crippen molar-refractivity contribution in [2.75, 3.05) is 13.1 Å². The number of benzene rings is 1. The van der Waals surface area contributed by atoms with Crippen LogP contribution in [0.2, 0.25) is 0 Å². The maximum atomic E-state index is 12.9. The van der Waals surface area contributed by atoms with E-state index in [1.54, 1.807) is 0 Å². The summed E-state index contributed by atoms with van der Waals surface area (Å²) in [4.78, 5) is 22.6. The fourth-order valence-electron chi connectivity index (χ4n) is 2.87. The van der Waals surface area contributed by atoms with Crippen molar-refractivity contribution in [2.45, 2.75) is 49.6 Å². The Bertz CT molecular complexity index is 755. The van der Waals surface area contributed by atoms with E-state index in [1.807, 2.05) is 6.92 Å². The van der Waals surface area contributed by atoms with Gasteiger partial charge in [-0.05, 0) is 38.3 Å². The van der Waals surface area contributed by atoms with Crippen LogP contribution < -0.4 is 11.1 Å². The Morgan fingerprint density at radius 2 is 2.00 bits per heavy atom. The minimum atomic E-state index is -3.91. The number of nitrogens with one attached hydrogen (secondary N) is 1. The number of non-ortho nitro benzene ring substituents is 1. The Kier molecular flexibility index (Phi) is 8.60. The molecule has 1 amide bonds. The molecular weight excluding hydrogens is 396 g/mol. The standard InChI is InChI=1S/C16H24N4O5S.ClH/c1-12(17)9-10-18-16(21)15-4-2-3-11-19(15)26(24,25)14-7-5-13(6-8-14)20(22)23;/h5-8,12,15H,2-4,9-11,17H2,1H3,(H,18,21);1H. The molecule has 0 aromatic heterocycles. The van der Waals surface area contributed by atoms with Crippen LogP contribution in [0.1, 0.15) is 32.6 Å². The summed E-state index contributed by atoms with van der Waals surface area (Å²) < 4.78 is 27.0. The first-order valence-corrected chi connectivity index (χ1v) is 9.97. The Labute approximate surface area is 164 Å². The van der Waals surface area contributed by atoms with Gasteiger partial charge in [0, 0.05) is 31.3 Å². The first kappa shape index (κ1) is 23.3. The minimum Gasteiger partial charge on any atom is -0.355 e. The van der Waals surface area contributed by atoms with E-state index in [-0.39, 0.29) is 41.5 Å². The van der Waals surface area contributed by atoms with Crippen molar-refractivity contribution in [1.29, 1.82) is 0 Å². The molecule has 1 heterocycles. The third-order valence-corrected chi connectivity index (χ3v) is 6.23. The number of piperidine rings is 1. The number of carbonyl (C=O) groups is 1. The van der Waals surface area contributed by atoms with Gasteiger partial charge in [-0.3, -0.25) is 14.9 Å². The summed E-state index contributed by atoms with van der Waals surface area (Å²) in [6.07, 6.45) is 2.47. The number of amides is 1. The first-order chi connectivity index (χ1) is 12.2. The normalized spacial score (nSPS) is 19.0. The largest absolute Gasteiger partial charge is 0.355 e. The predicted octanol–water partition coefficient (Wildman–Crippen LogP) is 1.41. The number of sulfonamides is 1. The molecule has 2 atom stereocenters. The molecule has 0 spiro atoms. The van der Waals surface area contributed by atoms with Crippen molar-refractivity contribution >= 4 is 34.0 Å². The van der Waals surface area contributed by atoms with Crippen LogP contribution in [0.15, 0.2) is 29.2 Å². The van der Waals surface area contributed by atoms with Crippen LogP contribution in [0.5, 0.6) is 0 Å². The summed E-state index contributed by atoms with van der Waals surface area (Å²) >= 11 is 0. The third kappa shape index (κ3) is 5.86. The summed E-state index contributed by atoms with van der Waals surface area (Å²) in [5, 5.41) is 13.5. The highest BCUT2D eigenvalue weighted by molar-refractivity contribution is 7.89. The number of rotatable bonds is 7. The van der Waals surface area contributed by atoms with Crippen molar-refractivity contribution < 1.29 is 18.1 Å². The first-order valence-electron chi connectivity index (χ1n) is 8.53. The predicted molar refractivity (Wildman–Crippen MR) is 103 cm³/mol. The van der Waals surface area contributed by atoms with Crippen LogP contribution in [-0.2, 0) is 14.8 Å². The lowest BCUT2D eigenvalue weighted by atomic mass is 10.0. The summed E-state index contributed by atoms with van der Waals surface area (Å²) in [7, 11) is -3.91. The molecule has 1 saturated heterocycles. The molecule has 1 aliphatic heterocycles. The smallest absolute Gasteiger partial charge is 0.269 e. The number of nitro benzene ring substituents is 1. The molecule has 2 unspecified atom stereocenters. The number of hydrogen-bond acceptors (Lipinski definition) is 6. The Morgan fingerprint density at radius 1 is 1.37 bits per heavy atom. The minimum absolute atomic E-state index is 0. The molecule has 0 aliphatic carbocycles. The monoisotopic (exact) mass is 420 g/mol. The fraction of sp³-hybridized carbons (Fsp3) is 0.562. The van der Waals surface area contributed by atoms with Crippen LogP contribution in [-0.4, -0.2) is 48.7 Å². The van der Waals surface area contributed by atoms with E-state index in [4.69, 9.17) is 5.73 Å². The molecule has 0 bridgehead atoms. The Hall–Kier alpha value is -1.75. The van der Waals surface area contributed by atoms with Gasteiger partial charge in [0.15, 0.2) is 0 Å². The van der Waals surface area contributed by atoms with Crippen LogP contribution in [0, 0.1) is 10.1 Å². The number of halogens is 1. The second-order valence-corrected chi connectivity index (χ2v) is 8.33. The van der Waals surface area contributed by atoms with E-state index in [0.29, 0.717) is 25.8 Å². The molecule has 11 heteroatoms. The van der Waals surface area contributed by atoms with E-state index in [0.717, 1.165) is 18.6 Å². The lowest BCUT2D eigenvalue weighted by Crippen LogP contribution is -2.52. The van der Waals surface area contributed by atoms with E-state index in [1.165, 1.54) is 16.4 Å². The molecule has 3 N–H and O–H groups in total. The van der Waals surface area contributed by atoms with E-state index >= 15 is 0 Å². The third-order valence-electron chi connectivity index (χ3n) is 4.31. The van der Waals surface area contributed by atoms with E-state index in [2.05, 4.69) is 5.32 Å². The number of nitrogens with two attached hydrogens (primary N) is 1. The highest BCUT2D eigenvalue weighted by Crippen LogP contribution is 2.26. The fourth-order valence-corrected chi connectivity index (χ4v) is 4.53. The summed E-state index contributed by atoms with van der Waals surface area (Å²) in [6.45, 7) is 2.46. The summed E-state index contributed by atoms with van der Waals surface area (Å²) in [5.41, 5.74) is 5.47. The van der Waals surface area contributed by atoms with Crippen LogP contribution in [0.3, 0.4) is 0 Å². The second-order valence-electron chi connectivity index (χ2n) is 6.44. The highest BCUT2D eigenvalue weighted by Gasteiger charge is 2.37. The summed E-state index contributed by atoms with van der Waals surface area (Å²) in [5.74, 6) is -0.337. The molecule has 0 radical (unpaired) electrons. The molecule has 2 rings (SSSR count). The molecule has 27 heavy (non-hydrogen) atoms. The molecule has 0 saturated carbocycles. The number of carbonyl (C=O) groups excluding carboxylic acids is 1. The van der Waals surface area contributed by atoms with Crippen molar-refractivity contribution in [2.24, 2.45) is 5.73 Å². The van der Waals surface area contributed by atoms with Gasteiger partial charge in [0.05, 0.1) is 9.82 Å². The molecule has 1 aromatic carbocycles. The van der Waals surface area contributed by atoms with E-state index < -0.39 is 21.0 Å². The van der Waals surface area contributed by atoms with Gasteiger partial charge >= 0.3 is 0 Å².